The number of benzene rings is 4. The number of sulfonamides is 1. The van der Waals surface area contributed by atoms with Gasteiger partial charge in [-0.25, -0.2) is 8.42 Å². The maximum Gasteiger partial charge on any atom is 0.244 e. The van der Waals surface area contributed by atoms with Crippen molar-refractivity contribution in [2.24, 2.45) is 0 Å². The van der Waals surface area contributed by atoms with Crippen LogP contribution in [0.15, 0.2) is 89.8 Å². The molecule has 0 spiro atoms. The van der Waals surface area contributed by atoms with Crippen LogP contribution in [-0.4, -0.2) is 24.7 Å². The number of carbonyl (C=O) groups is 1. The lowest BCUT2D eigenvalue weighted by Crippen LogP contribution is -2.50. The van der Waals surface area contributed by atoms with E-state index in [4.69, 9.17) is 11.6 Å². The van der Waals surface area contributed by atoms with Crippen LogP contribution in [0.2, 0.25) is 5.02 Å². The van der Waals surface area contributed by atoms with Gasteiger partial charge in [0.1, 0.15) is 6.04 Å². The van der Waals surface area contributed by atoms with E-state index in [1.165, 1.54) is 4.31 Å². The van der Waals surface area contributed by atoms with Crippen LogP contribution in [0.5, 0.6) is 0 Å². The number of halogens is 1. The maximum atomic E-state index is 13.9. The molecular formula is C27H23ClN2O3S. The zero-order chi connectivity index (χ0) is 23.9. The monoisotopic (exact) mass is 490 g/mol. The fourth-order valence-electron chi connectivity index (χ4n) is 4.38. The molecule has 1 aliphatic heterocycles. The number of aryl methyl sites for hydroxylation is 1. The SMILES string of the molecule is Cc1ccc(Cl)cc1NC(=O)[C@@H]1Cc2ccccc2CN1S(=O)(=O)c1ccc2ccccc2c1. The number of carbonyl (C=O) groups excluding carboxylic acids is 1. The zero-order valence-electron chi connectivity index (χ0n) is 18.5. The largest absolute Gasteiger partial charge is 0.324 e. The smallest absolute Gasteiger partial charge is 0.244 e. The van der Waals surface area contributed by atoms with E-state index in [9.17, 15) is 13.2 Å². The van der Waals surface area contributed by atoms with Crippen LogP contribution in [0.1, 0.15) is 16.7 Å². The molecule has 0 radical (unpaired) electrons. The molecule has 0 unspecified atom stereocenters. The third-order valence-electron chi connectivity index (χ3n) is 6.29. The van der Waals surface area contributed by atoms with Crippen molar-refractivity contribution < 1.29 is 13.2 Å². The van der Waals surface area contributed by atoms with Crippen LogP contribution in [-0.2, 0) is 27.8 Å². The van der Waals surface area contributed by atoms with Gasteiger partial charge in [0.25, 0.3) is 0 Å². The van der Waals surface area contributed by atoms with Crippen molar-refractivity contribution in [3.05, 3.63) is 107 Å². The Labute approximate surface area is 204 Å². The Morgan fingerprint density at radius 3 is 2.41 bits per heavy atom. The molecular weight excluding hydrogens is 468 g/mol. The molecule has 4 aromatic carbocycles. The lowest BCUT2D eigenvalue weighted by molar-refractivity contribution is -0.120. The second kappa shape index (κ2) is 8.87. The third-order valence-corrected chi connectivity index (χ3v) is 8.38. The second-order valence-corrected chi connectivity index (χ2v) is 10.8. The molecule has 0 aliphatic carbocycles. The van der Waals surface area contributed by atoms with Crippen molar-refractivity contribution in [1.29, 1.82) is 0 Å². The van der Waals surface area contributed by atoms with Crippen molar-refractivity contribution in [2.45, 2.75) is 30.8 Å². The third kappa shape index (κ3) is 4.20. The quantitative estimate of drug-likeness (QED) is 0.407. The molecule has 4 aromatic rings. The van der Waals surface area contributed by atoms with Crippen molar-refractivity contribution in [3.63, 3.8) is 0 Å². The summed E-state index contributed by atoms with van der Waals surface area (Å²) in [4.78, 5) is 13.7. The molecule has 34 heavy (non-hydrogen) atoms. The van der Waals surface area contributed by atoms with Gasteiger partial charge in [0.2, 0.25) is 15.9 Å². The van der Waals surface area contributed by atoms with Crippen LogP contribution in [0.25, 0.3) is 10.8 Å². The van der Waals surface area contributed by atoms with E-state index >= 15 is 0 Å². The number of fused-ring (bicyclic) bond motifs is 2. The van der Waals surface area contributed by atoms with Gasteiger partial charge in [0.05, 0.1) is 4.90 Å². The van der Waals surface area contributed by atoms with E-state index < -0.39 is 16.1 Å². The average molecular weight is 491 g/mol. The zero-order valence-corrected chi connectivity index (χ0v) is 20.1. The summed E-state index contributed by atoms with van der Waals surface area (Å²) in [5, 5.41) is 5.19. The first-order valence-electron chi connectivity index (χ1n) is 11.0. The average Bonchev–Trinajstić information content (AvgIpc) is 2.85. The highest BCUT2D eigenvalue weighted by Crippen LogP contribution is 2.31. The predicted octanol–water partition coefficient (Wildman–Crippen LogP) is 5.56. The minimum atomic E-state index is -3.95. The second-order valence-electron chi connectivity index (χ2n) is 8.50. The summed E-state index contributed by atoms with van der Waals surface area (Å²) < 4.78 is 29.0. The summed E-state index contributed by atoms with van der Waals surface area (Å²) in [6.07, 6.45) is 0.286. The molecule has 0 aromatic heterocycles. The molecule has 5 rings (SSSR count). The Morgan fingerprint density at radius 2 is 1.62 bits per heavy atom. The van der Waals surface area contributed by atoms with E-state index in [1.807, 2.05) is 61.5 Å². The highest BCUT2D eigenvalue weighted by atomic mass is 35.5. The Balaban J connectivity index is 1.55. The van der Waals surface area contributed by atoms with Crippen molar-refractivity contribution >= 4 is 44.0 Å². The molecule has 1 atom stereocenters. The molecule has 0 fully saturated rings. The summed E-state index contributed by atoms with van der Waals surface area (Å²) in [6, 6.07) is 24.7. The number of anilines is 1. The molecule has 5 nitrogen and oxygen atoms in total. The molecule has 1 aliphatic rings. The Kier molecular flexibility index (Phi) is 5.90. The fourth-order valence-corrected chi connectivity index (χ4v) is 6.16. The van der Waals surface area contributed by atoms with E-state index in [0.717, 1.165) is 27.5 Å². The molecule has 1 heterocycles. The first-order valence-corrected chi connectivity index (χ1v) is 12.8. The molecule has 0 saturated carbocycles. The van der Waals surface area contributed by atoms with Gasteiger partial charge in [-0.05, 0) is 65.1 Å². The molecule has 0 bridgehead atoms. The van der Waals surface area contributed by atoms with E-state index in [2.05, 4.69) is 5.32 Å². The summed E-state index contributed by atoms with van der Waals surface area (Å²) in [5.41, 5.74) is 3.28. The highest BCUT2D eigenvalue weighted by Gasteiger charge is 2.39. The van der Waals surface area contributed by atoms with Crippen LogP contribution in [0, 0.1) is 6.92 Å². The summed E-state index contributed by atoms with van der Waals surface area (Å²) in [5.74, 6) is -0.385. The van der Waals surface area contributed by atoms with Gasteiger partial charge >= 0.3 is 0 Å². The summed E-state index contributed by atoms with van der Waals surface area (Å²) in [7, 11) is -3.95. The van der Waals surface area contributed by atoms with Crippen LogP contribution >= 0.6 is 11.6 Å². The van der Waals surface area contributed by atoms with E-state index in [0.29, 0.717) is 10.7 Å². The van der Waals surface area contributed by atoms with Crippen molar-refractivity contribution in [1.82, 2.24) is 4.31 Å². The Bertz CT molecular complexity index is 1520. The van der Waals surface area contributed by atoms with Crippen LogP contribution < -0.4 is 5.32 Å². The Morgan fingerprint density at radius 1 is 0.912 bits per heavy atom. The van der Waals surface area contributed by atoms with Crippen LogP contribution in [0.4, 0.5) is 5.69 Å². The Hall–Kier alpha value is -3.19. The van der Waals surface area contributed by atoms with Gasteiger partial charge < -0.3 is 5.32 Å². The maximum absolute atomic E-state index is 13.9. The number of nitrogens with one attached hydrogen (secondary N) is 1. The van der Waals surface area contributed by atoms with Crippen molar-refractivity contribution in [2.75, 3.05) is 5.32 Å². The van der Waals surface area contributed by atoms with Gasteiger partial charge in [-0.3, -0.25) is 4.79 Å². The van der Waals surface area contributed by atoms with Crippen molar-refractivity contribution in [3.8, 4) is 0 Å². The van der Waals surface area contributed by atoms with Gasteiger partial charge in [0.15, 0.2) is 0 Å². The molecule has 0 saturated heterocycles. The van der Waals surface area contributed by atoms with E-state index in [1.54, 1.807) is 30.3 Å². The van der Waals surface area contributed by atoms with Gasteiger partial charge in [0, 0.05) is 17.3 Å². The summed E-state index contributed by atoms with van der Waals surface area (Å²) >= 11 is 6.12. The summed E-state index contributed by atoms with van der Waals surface area (Å²) in [6.45, 7) is 1.99. The number of hydrogen-bond acceptors (Lipinski definition) is 3. The predicted molar refractivity (Wildman–Crippen MR) is 135 cm³/mol. The number of hydrogen-bond donors (Lipinski definition) is 1. The van der Waals surface area contributed by atoms with Gasteiger partial charge in [-0.2, -0.15) is 4.31 Å². The topological polar surface area (TPSA) is 66.5 Å². The number of nitrogens with zero attached hydrogens (tertiary/aromatic N) is 1. The van der Waals surface area contributed by atoms with Crippen LogP contribution in [0.3, 0.4) is 0 Å². The molecule has 172 valence electrons. The lowest BCUT2D eigenvalue weighted by atomic mass is 9.95. The standard InChI is InChI=1S/C27H23ClN2O3S/c1-18-10-12-23(28)16-25(18)29-27(31)26-15-21-8-4-5-9-22(21)17-30(26)34(32,33)24-13-11-19-6-2-3-7-20(19)14-24/h2-14,16,26H,15,17H2,1H3,(H,29,31)/t26-/m0/s1. The normalized spacial score (nSPS) is 16.2. The highest BCUT2D eigenvalue weighted by molar-refractivity contribution is 7.89. The minimum Gasteiger partial charge on any atom is -0.324 e. The molecule has 7 heteroatoms. The number of rotatable bonds is 4. The molecule has 1 amide bonds. The minimum absolute atomic E-state index is 0.123. The molecule has 1 N–H and O–H groups in total. The first kappa shape index (κ1) is 22.6. The van der Waals surface area contributed by atoms with E-state index in [-0.39, 0.29) is 23.8 Å². The number of amides is 1. The first-order chi connectivity index (χ1) is 16.3. The van der Waals surface area contributed by atoms with Gasteiger partial charge in [-0.15, -0.1) is 0 Å². The lowest BCUT2D eigenvalue weighted by Gasteiger charge is -2.35. The fraction of sp³-hybridized carbons (Fsp3) is 0.148. The van der Waals surface area contributed by atoms with Gasteiger partial charge in [-0.1, -0.05) is 72.3 Å².